The van der Waals surface area contributed by atoms with Gasteiger partial charge in [0.1, 0.15) is 5.70 Å². The molecule has 2 atom stereocenters. The number of piperidine rings is 1. The lowest BCUT2D eigenvalue weighted by Crippen LogP contribution is -2.46. The minimum absolute atomic E-state index is 0.117. The maximum atomic E-state index is 13.3. The molecule has 30 heavy (non-hydrogen) atoms. The largest absolute Gasteiger partial charge is 0.460 e. The van der Waals surface area contributed by atoms with E-state index in [0.717, 1.165) is 37.9 Å². The Bertz CT molecular complexity index is 1100. The Morgan fingerprint density at radius 2 is 2.13 bits per heavy atom. The summed E-state index contributed by atoms with van der Waals surface area (Å²) in [6.07, 6.45) is 5.07. The lowest BCUT2D eigenvalue weighted by molar-refractivity contribution is -0.136. The van der Waals surface area contributed by atoms with Gasteiger partial charge in [0.15, 0.2) is 0 Å². The lowest BCUT2D eigenvalue weighted by atomic mass is 9.80. The fourth-order valence-electron chi connectivity index (χ4n) is 5.26. The number of amidine groups is 1. The van der Waals surface area contributed by atoms with Gasteiger partial charge in [0, 0.05) is 23.5 Å². The minimum atomic E-state index is -0.870. The maximum Gasteiger partial charge on any atom is 0.377 e. The Kier molecular flexibility index (Phi) is 4.58. The van der Waals surface area contributed by atoms with E-state index in [4.69, 9.17) is 4.74 Å². The topological polar surface area (TPSA) is 96.2 Å². The molecule has 1 amide bonds. The number of carbonyl (C=O) groups is 2. The average Bonchev–Trinajstić information content (AvgIpc) is 3.11. The van der Waals surface area contributed by atoms with Crippen LogP contribution >= 0.6 is 0 Å². The van der Waals surface area contributed by atoms with Crippen LogP contribution in [0.2, 0.25) is 0 Å². The summed E-state index contributed by atoms with van der Waals surface area (Å²) in [5, 5.41) is 15.8. The van der Waals surface area contributed by atoms with E-state index in [2.05, 4.69) is 21.4 Å². The highest BCUT2D eigenvalue weighted by atomic mass is 16.5. The van der Waals surface area contributed by atoms with E-state index in [1.807, 2.05) is 28.8 Å². The average molecular weight is 408 g/mol. The second-order valence-electron chi connectivity index (χ2n) is 7.93. The molecule has 0 aliphatic carbocycles. The molecule has 3 aliphatic rings. The summed E-state index contributed by atoms with van der Waals surface area (Å²) in [6, 6.07) is 8.39. The van der Waals surface area contributed by atoms with Crippen molar-refractivity contribution in [2.75, 3.05) is 19.7 Å². The molecule has 1 saturated heterocycles. The molecule has 2 aromatic rings. The summed E-state index contributed by atoms with van der Waals surface area (Å²) in [7, 11) is 0. The summed E-state index contributed by atoms with van der Waals surface area (Å²) in [4.78, 5) is 27.8. The van der Waals surface area contributed by atoms with Gasteiger partial charge in [-0.25, -0.2) is 4.79 Å². The maximum absolute atomic E-state index is 13.3. The van der Waals surface area contributed by atoms with Crippen molar-refractivity contribution in [3.8, 4) is 0 Å². The number of aromatic nitrogens is 1. The highest BCUT2D eigenvalue weighted by Gasteiger charge is 2.43. The predicted molar refractivity (Wildman–Crippen MR) is 111 cm³/mol. The number of hydrogen-bond donors (Lipinski definition) is 2. The molecule has 0 spiro atoms. The van der Waals surface area contributed by atoms with E-state index in [-0.39, 0.29) is 18.6 Å². The zero-order chi connectivity index (χ0) is 20.8. The number of hydrogen-bond acceptors (Lipinski definition) is 6. The molecular weight excluding hydrogens is 384 g/mol. The number of esters is 1. The van der Waals surface area contributed by atoms with Crippen LogP contribution in [0.5, 0.6) is 0 Å². The summed E-state index contributed by atoms with van der Waals surface area (Å²) >= 11 is 0. The van der Waals surface area contributed by atoms with Gasteiger partial charge in [0.05, 0.1) is 18.2 Å². The number of ether oxygens (including phenoxy) is 1. The van der Waals surface area contributed by atoms with Gasteiger partial charge in [0.25, 0.3) is 11.7 Å². The van der Waals surface area contributed by atoms with Crippen molar-refractivity contribution < 1.29 is 19.5 Å². The van der Waals surface area contributed by atoms with Crippen LogP contribution in [0.4, 0.5) is 0 Å². The van der Waals surface area contributed by atoms with Crippen molar-refractivity contribution in [1.29, 1.82) is 0 Å². The van der Waals surface area contributed by atoms with Crippen molar-refractivity contribution in [3.63, 3.8) is 0 Å². The van der Waals surface area contributed by atoms with E-state index in [0.29, 0.717) is 5.70 Å². The van der Waals surface area contributed by atoms with Crippen LogP contribution < -0.4 is 5.32 Å². The first-order valence-electron chi connectivity index (χ1n) is 10.4. The first-order chi connectivity index (χ1) is 14.6. The number of rotatable bonds is 2. The first-order valence-corrected chi connectivity index (χ1v) is 10.4. The monoisotopic (exact) mass is 408 g/mol. The standard InChI is InChI=1S/C22H24N4O4/c1-2-30-22(28)20(24-29)23-21(27)17-12-13-6-5-10-25-11-9-15-14-7-3-4-8-16(14)26(17)19(15)18(13)25/h3-4,7-8,12-13,18,29H,2,5-6,9-11H2,1H3,(H,23,24,27)/t13?,18-/m0/s1. The second kappa shape index (κ2) is 7.28. The number of para-hydroxylation sites is 1. The number of benzene rings is 1. The third kappa shape index (κ3) is 2.74. The minimum Gasteiger partial charge on any atom is -0.460 e. The third-order valence-corrected chi connectivity index (χ3v) is 6.38. The Morgan fingerprint density at radius 1 is 1.30 bits per heavy atom. The van der Waals surface area contributed by atoms with Gasteiger partial charge in [-0.05, 0) is 50.4 Å². The van der Waals surface area contributed by atoms with Gasteiger partial charge in [-0.2, -0.15) is 0 Å². The molecule has 156 valence electrons. The van der Waals surface area contributed by atoms with Crippen molar-refractivity contribution in [2.24, 2.45) is 11.1 Å². The summed E-state index contributed by atoms with van der Waals surface area (Å²) < 4.78 is 6.89. The molecule has 0 radical (unpaired) electrons. The molecule has 2 N–H and O–H groups in total. The van der Waals surface area contributed by atoms with Crippen LogP contribution in [0.25, 0.3) is 16.6 Å². The van der Waals surface area contributed by atoms with E-state index in [1.165, 1.54) is 16.6 Å². The molecule has 8 heteroatoms. The molecule has 1 fully saturated rings. The van der Waals surface area contributed by atoms with E-state index >= 15 is 0 Å². The van der Waals surface area contributed by atoms with Crippen LogP contribution in [0.15, 0.2) is 35.5 Å². The highest BCUT2D eigenvalue weighted by molar-refractivity contribution is 6.40. The number of amides is 1. The number of nitrogens with one attached hydrogen (secondary N) is 1. The smallest absolute Gasteiger partial charge is 0.377 e. The molecule has 1 unspecified atom stereocenters. The zero-order valence-corrected chi connectivity index (χ0v) is 16.8. The van der Waals surface area contributed by atoms with Crippen molar-refractivity contribution in [2.45, 2.75) is 32.2 Å². The molecule has 4 heterocycles. The molecule has 5 rings (SSSR count). The molecule has 3 aliphatic heterocycles. The molecule has 0 bridgehead atoms. The third-order valence-electron chi connectivity index (χ3n) is 6.38. The number of nitrogens with zero attached hydrogens (tertiary/aromatic N) is 3. The number of carbonyl (C=O) groups excluding carboxylic acids is 2. The Hall–Kier alpha value is -3.13. The van der Waals surface area contributed by atoms with Crippen molar-refractivity contribution >= 4 is 34.3 Å². The van der Waals surface area contributed by atoms with Gasteiger partial charge in [0.2, 0.25) is 0 Å². The van der Waals surface area contributed by atoms with Gasteiger partial charge >= 0.3 is 5.97 Å². The second-order valence-corrected chi connectivity index (χ2v) is 7.93. The van der Waals surface area contributed by atoms with E-state index < -0.39 is 17.7 Å². The van der Waals surface area contributed by atoms with Crippen LogP contribution in [-0.2, 0) is 20.7 Å². The Balaban J connectivity index is 1.62. The Labute approximate surface area is 173 Å². The van der Waals surface area contributed by atoms with Gasteiger partial charge < -0.3 is 14.5 Å². The number of oxime groups is 1. The summed E-state index contributed by atoms with van der Waals surface area (Å²) in [5.41, 5.74) is 3.92. The SMILES string of the molecule is CCOC(=O)/C(=N/O)NC(=O)C1=CC2CCCN3CCc4c(n1c1ccccc41)[C@H]23. The fourth-order valence-corrected chi connectivity index (χ4v) is 5.26. The van der Waals surface area contributed by atoms with E-state index in [9.17, 15) is 14.8 Å². The first kappa shape index (κ1) is 18.9. The van der Waals surface area contributed by atoms with Crippen molar-refractivity contribution in [1.82, 2.24) is 14.8 Å². The van der Waals surface area contributed by atoms with Crippen LogP contribution in [0, 0.1) is 5.92 Å². The zero-order valence-electron chi connectivity index (χ0n) is 16.8. The van der Waals surface area contributed by atoms with Crippen LogP contribution in [0.3, 0.4) is 0 Å². The molecule has 1 aromatic carbocycles. The predicted octanol–water partition coefficient (Wildman–Crippen LogP) is 2.27. The summed E-state index contributed by atoms with van der Waals surface area (Å²) in [6.45, 7) is 3.86. The molecule has 8 nitrogen and oxygen atoms in total. The fraction of sp³-hybridized carbons (Fsp3) is 0.409. The normalized spacial score (nSPS) is 23.0. The number of fused-ring (bicyclic) bond motifs is 3. The highest BCUT2D eigenvalue weighted by Crippen LogP contribution is 2.48. The molecule has 0 saturated carbocycles. The molecular formula is C22H24N4O4. The van der Waals surface area contributed by atoms with Crippen molar-refractivity contribution in [3.05, 3.63) is 41.6 Å². The quantitative estimate of drug-likeness (QED) is 0.261. The van der Waals surface area contributed by atoms with Crippen LogP contribution in [0.1, 0.15) is 37.1 Å². The van der Waals surface area contributed by atoms with Gasteiger partial charge in [-0.1, -0.05) is 23.4 Å². The summed E-state index contributed by atoms with van der Waals surface area (Å²) in [5.74, 6) is -1.64. The van der Waals surface area contributed by atoms with Gasteiger partial charge in [-0.3, -0.25) is 15.0 Å². The Morgan fingerprint density at radius 3 is 2.93 bits per heavy atom. The van der Waals surface area contributed by atoms with Crippen LogP contribution in [-0.4, -0.2) is 52.1 Å². The lowest BCUT2D eigenvalue weighted by Gasteiger charge is -2.46. The molecule has 1 aromatic heterocycles. The van der Waals surface area contributed by atoms with E-state index in [1.54, 1.807) is 6.92 Å². The van der Waals surface area contributed by atoms with Gasteiger partial charge in [-0.15, -0.1) is 0 Å².